The van der Waals surface area contributed by atoms with E-state index >= 15 is 0 Å². The fraction of sp³-hybridized carbons (Fsp3) is 0.467. The molecule has 1 rings (SSSR count). The van der Waals surface area contributed by atoms with Crippen LogP contribution >= 0.6 is 12.6 Å². The van der Waals surface area contributed by atoms with E-state index in [4.69, 9.17) is 4.74 Å². The number of ether oxygens (including phenoxy) is 1. The molecule has 4 heteroatoms. The van der Waals surface area contributed by atoms with Crippen LogP contribution in [0.3, 0.4) is 0 Å². The lowest BCUT2D eigenvalue weighted by Gasteiger charge is -2.23. The van der Waals surface area contributed by atoms with Crippen molar-refractivity contribution in [3.63, 3.8) is 0 Å². The first kappa shape index (κ1) is 15.8. The second-order valence-corrected chi connectivity index (χ2v) is 6.36. The summed E-state index contributed by atoms with van der Waals surface area (Å²) < 4.78 is 3.88. The van der Waals surface area contributed by atoms with Gasteiger partial charge in [-0.15, -0.1) is 0 Å². The van der Waals surface area contributed by atoms with E-state index in [1.54, 1.807) is 13.8 Å². The van der Waals surface area contributed by atoms with Crippen molar-refractivity contribution in [2.45, 2.75) is 38.4 Å². The van der Waals surface area contributed by atoms with Crippen LogP contribution in [-0.4, -0.2) is 23.6 Å². The van der Waals surface area contributed by atoms with E-state index in [2.05, 4.69) is 12.6 Å². The highest BCUT2D eigenvalue weighted by molar-refractivity contribution is 7.82. The van der Waals surface area contributed by atoms with Crippen LogP contribution in [0.25, 0.3) is 0 Å². The van der Waals surface area contributed by atoms with Crippen molar-refractivity contribution < 1.29 is 14.3 Å². The molecule has 0 saturated carbocycles. The SMILES string of the molecule is COC(=O)C(C(=O)C(C)(C)S)c1ccc(C)cc1C. The average molecular weight is 280 g/mol. The van der Waals surface area contributed by atoms with Crippen molar-refractivity contribution in [3.8, 4) is 0 Å². The van der Waals surface area contributed by atoms with E-state index < -0.39 is 16.6 Å². The minimum atomic E-state index is -0.918. The molecule has 0 aliphatic rings. The number of Topliss-reactive ketones (excluding diaryl/α,β-unsaturated/α-hetero) is 1. The molecule has 1 aromatic rings. The van der Waals surface area contributed by atoms with Gasteiger partial charge in [-0.25, -0.2) is 0 Å². The Morgan fingerprint density at radius 2 is 1.84 bits per heavy atom. The average Bonchev–Trinajstić information content (AvgIpc) is 2.30. The second kappa shape index (κ2) is 5.78. The largest absolute Gasteiger partial charge is 0.468 e. The van der Waals surface area contributed by atoms with Crippen LogP contribution in [0.15, 0.2) is 18.2 Å². The highest BCUT2D eigenvalue weighted by Gasteiger charge is 2.38. The maximum Gasteiger partial charge on any atom is 0.320 e. The van der Waals surface area contributed by atoms with E-state index in [0.717, 1.165) is 11.1 Å². The van der Waals surface area contributed by atoms with Gasteiger partial charge in [-0.05, 0) is 38.8 Å². The third-order valence-corrected chi connectivity index (χ3v) is 3.26. The molecule has 19 heavy (non-hydrogen) atoms. The Bertz CT molecular complexity index is 501. The first-order chi connectivity index (χ1) is 8.68. The summed E-state index contributed by atoms with van der Waals surface area (Å²) >= 11 is 4.27. The Balaban J connectivity index is 3.33. The Morgan fingerprint density at radius 1 is 1.26 bits per heavy atom. The monoisotopic (exact) mass is 280 g/mol. The van der Waals surface area contributed by atoms with Gasteiger partial charge in [0.05, 0.1) is 11.9 Å². The van der Waals surface area contributed by atoms with Crippen molar-refractivity contribution in [2.24, 2.45) is 0 Å². The van der Waals surface area contributed by atoms with Gasteiger partial charge in [-0.3, -0.25) is 9.59 Å². The smallest absolute Gasteiger partial charge is 0.320 e. The quantitative estimate of drug-likeness (QED) is 0.524. The number of benzene rings is 1. The summed E-state index contributed by atoms with van der Waals surface area (Å²) in [6.07, 6.45) is 0. The van der Waals surface area contributed by atoms with Gasteiger partial charge in [0.1, 0.15) is 5.92 Å². The number of aryl methyl sites for hydroxylation is 2. The summed E-state index contributed by atoms with van der Waals surface area (Å²) in [6, 6.07) is 5.64. The summed E-state index contributed by atoms with van der Waals surface area (Å²) in [5.74, 6) is -1.72. The van der Waals surface area contributed by atoms with Gasteiger partial charge >= 0.3 is 5.97 Å². The van der Waals surface area contributed by atoms with Gasteiger partial charge in [0, 0.05) is 0 Å². The molecular formula is C15H20O3S. The van der Waals surface area contributed by atoms with Crippen LogP contribution in [0.5, 0.6) is 0 Å². The van der Waals surface area contributed by atoms with Crippen molar-refractivity contribution >= 4 is 24.4 Å². The van der Waals surface area contributed by atoms with Gasteiger partial charge < -0.3 is 4.74 Å². The lowest BCUT2D eigenvalue weighted by Crippen LogP contribution is -2.35. The molecule has 3 nitrogen and oxygen atoms in total. The van der Waals surface area contributed by atoms with Gasteiger partial charge in [0.15, 0.2) is 5.78 Å². The van der Waals surface area contributed by atoms with Crippen LogP contribution in [0, 0.1) is 13.8 Å². The highest BCUT2D eigenvalue weighted by atomic mass is 32.1. The molecule has 0 aliphatic heterocycles. The normalized spacial score (nSPS) is 12.9. The summed E-state index contributed by atoms with van der Waals surface area (Å²) in [6.45, 7) is 7.21. The van der Waals surface area contributed by atoms with Gasteiger partial charge in [-0.1, -0.05) is 23.8 Å². The molecule has 104 valence electrons. The molecule has 0 spiro atoms. The number of methoxy groups -OCH3 is 1. The van der Waals surface area contributed by atoms with Crippen molar-refractivity contribution in [1.29, 1.82) is 0 Å². The fourth-order valence-electron chi connectivity index (χ4n) is 2.00. The predicted molar refractivity (Wildman–Crippen MR) is 78.7 cm³/mol. The first-order valence-electron chi connectivity index (χ1n) is 6.10. The maximum absolute atomic E-state index is 12.4. The molecule has 0 bridgehead atoms. The van der Waals surface area contributed by atoms with E-state index in [-0.39, 0.29) is 5.78 Å². The van der Waals surface area contributed by atoms with Crippen molar-refractivity contribution in [1.82, 2.24) is 0 Å². The zero-order valence-corrected chi connectivity index (χ0v) is 12.9. The van der Waals surface area contributed by atoms with E-state index in [1.165, 1.54) is 7.11 Å². The highest BCUT2D eigenvalue weighted by Crippen LogP contribution is 2.29. The topological polar surface area (TPSA) is 43.4 Å². The van der Waals surface area contributed by atoms with E-state index in [9.17, 15) is 9.59 Å². The molecule has 0 fully saturated rings. The summed E-state index contributed by atoms with van der Waals surface area (Å²) in [7, 11) is 1.29. The predicted octanol–water partition coefficient (Wildman–Crippen LogP) is 2.84. The minimum Gasteiger partial charge on any atom is -0.468 e. The number of hydrogen-bond donors (Lipinski definition) is 1. The lowest BCUT2D eigenvalue weighted by molar-refractivity contribution is -0.146. The van der Waals surface area contributed by atoms with Crippen molar-refractivity contribution in [2.75, 3.05) is 7.11 Å². The van der Waals surface area contributed by atoms with E-state index in [0.29, 0.717) is 5.56 Å². The number of thiol groups is 1. The molecule has 0 saturated heterocycles. The standard InChI is InChI=1S/C15H20O3S/c1-9-6-7-11(10(2)8-9)12(14(17)18-5)13(16)15(3,4)19/h6-8,12,19H,1-5H3. The number of esters is 1. The molecule has 1 unspecified atom stereocenters. The molecule has 0 aliphatic carbocycles. The lowest BCUT2D eigenvalue weighted by atomic mass is 9.85. The maximum atomic E-state index is 12.4. The third-order valence-electron chi connectivity index (χ3n) is 3.04. The van der Waals surface area contributed by atoms with E-state index in [1.807, 2.05) is 32.0 Å². The number of rotatable bonds is 4. The molecule has 0 heterocycles. The van der Waals surface area contributed by atoms with Gasteiger partial charge in [0.25, 0.3) is 0 Å². The summed E-state index contributed by atoms with van der Waals surface area (Å²) in [4.78, 5) is 24.4. The molecule has 1 aromatic carbocycles. The van der Waals surface area contributed by atoms with Crippen molar-refractivity contribution in [3.05, 3.63) is 34.9 Å². The fourth-order valence-corrected chi connectivity index (χ4v) is 2.12. The molecule has 1 atom stereocenters. The van der Waals surface area contributed by atoms with Crippen LogP contribution in [0.4, 0.5) is 0 Å². The second-order valence-electron chi connectivity index (χ2n) is 5.24. The van der Waals surface area contributed by atoms with Crippen LogP contribution in [-0.2, 0) is 14.3 Å². The number of hydrogen-bond acceptors (Lipinski definition) is 4. The summed E-state index contributed by atoms with van der Waals surface area (Å²) in [5.41, 5.74) is 2.67. The number of carbonyl (C=O) groups is 2. The number of ketones is 1. The zero-order valence-electron chi connectivity index (χ0n) is 12.0. The van der Waals surface area contributed by atoms with Crippen LogP contribution in [0.2, 0.25) is 0 Å². The Labute approximate surface area is 119 Å². The van der Waals surface area contributed by atoms with Gasteiger partial charge in [0.2, 0.25) is 0 Å². The Morgan fingerprint density at radius 3 is 2.26 bits per heavy atom. The zero-order chi connectivity index (χ0) is 14.8. The third kappa shape index (κ3) is 3.60. The molecular weight excluding hydrogens is 260 g/mol. The summed E-state index contributed by atoms with van der Waals surface area (Å²) in [5, 5.41) is 0. The first-order valence-corrected chi connectivity index (χ1v) is 6.55. The minimum absolute atomic E-state index is 0.255. The van der Waals surface area contributed by atoms with Gasteiger partial charge in [-0.2, -0.15) is 12.6 Å². The molecule has 0 aromatic heterocycles. The Hall–Kier alpha value is -1.29. The molecule has 0 N–H and O–H groups in total. The van der Waals surface area contributed by atoms with Crippen LogP contribution in [0.1, 0.15) is 36.5 Å². The van der Waals surface area contributed by atoms with Crippen LogP contribution < -0.4 is 0 Å². The Kier molecular flexibility index (Phi) is 4.80. The molecule has 0 radical (unpaired) electrons. The number of carbonyl (C=O) groups excluding carboxylic acids is 2. The molecule has 0 amide bonds.